The molecule has 1 N–H and O–H groups in total. The molecular weight excluding hydrogens is 246 g/mol. The summed E-state index contributed by atoms with van der Waals surface area (Å²) in [7, 11) is 0. The molecule has 0 aliphatic carbocycles. The van der Waals surface area contributed by atoms with Crippen molar-refractivity contribution >= 4 is 27.0 Å². The minimum atomic E-state index is -0.291. The Morgan fingerprint density at radius 2 is 2.29 bits per heavy atom. The van der Waals surface area contributed by atoms with Gasteiger partial charge in [-0.25, -0.2) is 4.98 Å². The van der Waals surface area contributed by atoms with Gasteiger partial charge in [0.1, 0.15) is 21.9 Å². The summed E-state index contributed by atoms with van der Waals surface area (Å²) >= 11 is 3.19. The van der Waals surface area contributed by atoms with Crippen molar-refractivity contribution in [1.29, 1.82) is 5.26 Å². The summed E-state index contributed by atoms with van der Waals surface area (Å²) in [6.07, 6.45) is 1.37. The highest BCUT2D eigenvalue weighted by Crippen LogP contribution is 2.10. The van der Waals surface area contributed by atoms with Crippen LogP contribution in [0.3, 0.4) is 0 Å². The lowest BCUT2D eigenvalue weighted by molar-refractivity contribution is 1.24. The lowest BCUT2D eigenvalue weighted by Gasteiger charge is -1.97. The van der Waals surface area contributed by atoms with Crippen LogP contribution in [0.2, 0.25) is 0 Å². The summed E-state index contributed by atoms with van der Waals surface area (Å²) in [5, 5.41) is 9.06. The zero-order valence-corrected chi connectivity index (χ0v) is 8.50. The molecule has 0 unspecified atom stereocenters. The monoisotopic (exact) mass is 249 g/mol. The second kappa shape index (κ2) is 3.24. The predicted octanol–water partition coefficient (Wildman–Crippen LogP) is 1.56. The maximum Gasteiger partial charge on any atom is 0.208 e. The number of halogens is 1. The maximum atomic E-state index is 11.6. The highest BCUT2D eigenvalue weighted by Gasteiger charge is 2.04. The number of hydrogen-bond donors (Lipinski definition) is 1. The van der Waals surface area contributed by atoms with Crippen LogP contribution in [0.15, 0.2) is 27.7 Å². The first-order chi connectivity index (χ1) is 6.72. The van der Waals surface area contributed by atoms with Crippen LogP contribution < -0.4 is 5.43 Å². The molecule has 0 atom stereocenters. The van der Waals surface area contributed by atoms with Gasteiger partial charge in [0.15, 0.2) is 0 Å². The molecule has 0 radical (unpaired) electrons. The van der Waals surface area contributed by atoms with Gasteiger partial charge in [0.2, 0.25) is 5.43 Å². The number of nitrogens with zero attached hydrogens (tertiary/aromatic N) is 2. The zero-order valence-electron chi connectivity index (χ0n) is 6.91. The van der Waals surface area contributed by atoms with Crippen molar-refractivity contribution in [2.24, 2.45) is 0 Å². The molecule has 0 bridgehead atoms. The van der Waals surface area contributed by atoms with Crippen LogP contribution in [0.1, 0.15) is 5.56 Å². The Bertz CT molecular complexity index is 597. The van der Waals surface area contributed by atoms with E-state index in [0.29, 0.717) is 15.6 Å². The van der Waals surface area contributed by atoms with Gasteiger partial charge in [-0.15, -0.1) is 0 Å². The van der Waals surface area contributed by atoms with Gasteiger partial charge in [-0.3, -0.25) is 4.79 Å². The second-order valence-corrected chi connectivity index (χ2v) is 3.49. The van der Waals surface area contributed by atoms with Gasteiger partial charge >= 0.3 is 0 Å². The number of aromatic nitrogens is 2. The lowest BCUT2D eigenvalue weighted by Crippen LogP contribution is -2.07. The molecule has 5 heteroatoms. The molecule has 0 spiro atoms. The van der Waals surface area contributed by atoms with Crippen LogP contribution in [-0.2, 0) is 0 Å². The SMILES string of the molecule is N#Cc1c[nH]c2nc(Br)ccc2c1=O. The predicted molar refractivity (Wildman–Crippen MR) is 54.8 cm³/mol. The van der Waals surface area contributed by atoms with E-state index in [-0.39, 0.29) is 11.0 Å². The van der Waals surface area contributed by atoms with Crippen molar-refractivity contribution in [3.63, 3.8) is 0 Å². The van der Waals surface area contributed by atoms with E-state index in [1.165, 1.54) is 6.20 Å². The average molecular weight is 250 g/mol. The highest BCUT2D eigenvalue weighted by molar-refractivity contribution is 9.10. The van der Waals surface area contributed by atoms with Gasteiger partial charge < -0.3 is 4.98 Å². The largest absolute Gasteiger partial charge is 0.345 e. The van der Waals surface area contributed by atoms with Gasteiger partial charge in [0.05, 0.1) is 5.39 Å². The summed E-state index contributed by atoms with van der Waals surface area (Å²) < 4.78 is 0.644. The van der Waals surface area contributed by atoms with Crippen LogP contribution in [0.4, 0.5) is 0 Å². The number of H-pyrrole nitrogens is 1. The first kappa shape index (κ1) is 8.91. The minimum absolute atomic E-state index is 0.0987. The molecule has 4 nitrogen and oxygen atoms in total. The third kappa shape index (κ3) is 1.30. The lowest BCUT2D eigenvalue weighted by atomic mass is 10.2. The van der Waals surface area contributed by atoms with Crippen LogP contribution in [0, 0.1) is 11.3 Å². The van der Waals surface area contributed by atoms with Gasteiger partial charge in [-0.05, 0) is 28.1 Å². The third-order valence-electron chi connectivity index (χ3n) is 1.82. The Morgan fingerprint density at radius 1 is 1.50 bits per heavy atom. The van der Waals surface area contributed by atoms with Crippen molar-refractivity contribution in [2.45, 2.75) is 0 Å². The van der Waals surface area contributed by atoms with Gasteiger partial charge in [-0.2, -0.15) is 5.26 Å². The molecule has 0 aliphatic rings. The summed E-state index contributed by atoms with van der Waals surface area (Å²) in [4.78, 5) is 18.4. The zero-order chi connectivity index (χ0) is 10.1. The van der Waals surface area contributed by atoms with Crippen molar-refractivity contribution in [2.75, 3.05) is 0 Å². The van der Waals surface area contributed by atoms with E-state index in [9.17, 15) is 4.79 Å². The van der Waals surface area contributed by atoms with Gasteiger partial charge in [0.25, 0.3) is 0 Å². The Morgan fingerprint density at radius 3 is 3.00 bits per heavy atom. The van der Waals surface area contributed by atoms with Crippen LogP contribution >= 0.6 is 15.9 Å². The number of fused-ring (bicyclic) bond motifs is 1. The second-order valence-electron chi connectivity index (χ2n) is 2.67. The highest BCUT2D eigenvalue weighted by atomic mass is 79.9. The molecule has 0 fully saturated rings. The fourth-order valence-corrected chi connectivity index (χ4v) is 1.47. The fourth-order valence-electron chi connectivity index (χ4n) is 1.16. The average Bonchev–Trinajstić information content (AvgIpc) is 2.18. The standard InChI is InChI=1S/C9H4BrN3O/c10-7-2-1-6-8(14)5(3-11)4-12-9(6)13-7/h1-2,4H,(H,12,13,14). The Kier molecular flexibility index (Phi) is 2.06. The van der Waals surface area contributed by atoms with Crippen LogP contribution in [-0.4, -0.2) is 9.97 Å². The Hall–Kier alpha value is -1.67. The number of nitriles is 1. The molecule has 0 aromatic carbocycles. The molecule has 2 heterocycles. The minimum Gasteiger partial charge on any atom is -0.345 e. The van der Waals surface area contributed by atoms with E-state index < -0.39 is 0 Å². The van der Waals surface area contributed by atoms with Crippen LogP contribution in [0.5, 0.6) is 0 Å². The topological polar surface area (TPSA) is 69.5 Å². The normalized spacial score (nSPS) is 10.0. The molecular formula is C9H4BrN3O. The van der Waals surface area contributed by atoms with E-state index in [1.807, 2.05) is 6.07 Å². The third-order valence-corrected chi connectivity index (χ3v) is 2.27. The fraction of sp³-hybridized carbons (Fsp3) is 0. The molecule has 14 heavy (non-hydrogen) atoms. The van der Waals surface area contributed by atoms with E-state index in [0.717, 1.165) is 0 Å². The molecule has 0 amide bonds. The number of rotatable bonds is 0. The van der Waals surface area contributed by atoms with Gasteiger partial charge in [-0.1, -0.05) is 0 Å². The van der Waals surface area contributed by atoms with E-state index in [4.69, 9.17) is 5.26 Å². The Balaban J connectivity index is 2.93. The van der Waals surface area contributed by atoms with E-state index >= 15 is 0 Å². The first-order valence-corrected chi connectivity index (χ1v) is 4.59. The molecule has 0 aliphatic heterocycles. The number of pyridine rings is 2. The number of nitrogens with one attached hydrogen (secondary N) is 1. The molecule has 2 aromatic rings. The molecule has 2 rings (SSSR count). The summed E-state index contributed by atoms with van der Waals surface area (Å²) in [6.45, 7) is 0. The molecule has 68 valence electrons. The van der Waals surface area contributed by atoms with Crippen LogP contribution in [0.25, 0.3) is 11.0 Å². The molecule has 0 saturated carbocycles. The summed E-state index contributed by atoms with van der Waals surface area (Å²) in [5.41, 5.74) is 0.284. The number of hydrogen-bond acceptors (Lipinski definition) is 3. The van der Waals surface area contributed by atoms with Crippen molar-refractivity contribution in [1.82, 2.24) is 9.97 Å². The smallest absolute Gasteiger partial charge is 0.208 e. The first-order valence-electron chi connectivity index (χ1n) is 3.80. The molecule has 0 saturated heterocycles. The summed E-state index contributed by atoms with van der Waals surface area (Å²) in [6, 6.07) is 5.12. The van der Waals surface area contributed by atoms with E-state index in [2.05, 4.69) is 25.9 Å². The molecule has 2 aromatic heterocycles. The number of aromatic amines is 1. The quantitative estimate of drug-likeness (QED) is 0.721. The maximum absolute atomic E-state index is 11.6. The Labute approximate surface area is 87.3 Å². The van der Waals surface area contributed by atoms with E-state index in [1.54, 1.807) is 12.1 Å². The van der Waals surface area contributed by atoms with Gasteiger partial charge in [0, 0.05) is 6.20 Å². The van der Waals surface area contributed by atoms with Crippen molar-refractivity contribution < 1.29 is 0 Å². The summed E-state index contributed by atoms with van der Waals surface area (Å²) in [5.74, 6) is 0. The van der Waals surface area contributed by atoms with Crippen molar-refractivity contribution in [3.8, 4) is 6.07 Å². The van der Waals surface area contributed by atoms with Crippen molar-refractivity contribution in [3.05, 3.63) is 38.7 Å².